The highest BCUT2D eigenvalue weighted by atomic mass is 16.5. The van der Waals surface area contributed by atoms with Crippen molar-refractivity contribution in [2.45, 2.75) is 20.4 Å². The van der Waals surface area contributed by atoms with Crippen molar-refractivity contribution in [2.75, 3.05) is 33.5 Å². The van der Waals surface area contributed by atoms with E-state index in [9.17, 15) is 0 Å². The Morgan fingerprint density at radius 3 is 2.61 bits per heavy atom. The topological polar surface area (TPSA) is 39.7 Å². The summed E-state index contributed by atoms with van der Waals surface area (Å²) in [7, 11) is 1.65. The van der Waals surface area contributed by atoms with Gasteiger partial charge in [-0.25, -0.2) is 0 Å². The molecule has 0 amide bonds. The Morgan fingerprint density at radius 1 is 1.11 bits per heavy atom. The molecule has 0 aromatic heterocycles. The summed E-state index contributed by atoms with van der Waals surface area (Å²) in [4.78, 5) is 0. The van der Waals surface area contributed by atoms with Gasteiger partial charge in [0.15, 0.2) is 11.5 Å². The number of hydrogen-bond acceptors (Lipinski definition) is 4. The molecule has 18 heavy (non-hydrogen) atoms. The lowest BCUT2D eigenvalue weighted by atomic mass is 10.2. The maximum Gasteiger partial charge on any atom is 0.161 e. The minimum Gasteiger partial charge on any atom is -0.493 e. The van der Waals surface area contributed by atoms with Crippen molar-refractivity contribution in [3.63, 3.8) is 0 Å². The van der Waals surface area contributed by atoms with Gasteiger partial charge in [0, 0.05) is 19.7 Å². The van der Waals surface area contributed by atoms with E-state index in [2.05, 4.69) is 5.32 Å². The minimum atomic E-state index is 0.636. The Kier molecular flexibility index (Phi) is 7.22. The fraction of sp³-hybridized carbons (Fsp3) is 0.571. The second-order valence-electron chi connectivity index (χ2n) is 3.79. The quantitative estimate of drug-likeness (QED) is 0.685. The van der Waals surface area contributed by atoms with Crippen molar-refractivity contribution in [3.05, 3.63) is 23.8 Å². The summed E-state index contributed by atoms with van der Waals surface area (Å²) < 4.78 is 16.0. The van der Waals surface area contributed by atoms with Crippen molar-refractivity contribution < 1.29 is 14.2 Å². The molecule has 0 radical (unpaired) electrons. The number of nitrogens with one attached hydrogen (secondary N) is 1. The van der Waals surface area contributed by atoms with E-state index < -0.39 is 0 Å². The summed E-state index contributed by atoms with van der Waals surface area (Å²) in [5.74, 6) is 1.57. The Bertz CT molecular complexity index is 342. The molecule has 0 atom stereocenters. The Morgan fingerprint density at radius 2 is 1.94 bits per heavy atom. The largest absolute Gasteiger partial charge is 0.493 e. The molecule has 0 bridgehead atoms. The van der Waals surface area contributed by atoms with Crippen LogP contribution in [0.15, 0.2) is 18.2 Å². The molecule has 0 fully saturated rings. The first-order chi connectivity index (χ1) is 8.81. The van der Waals surface area contributed by atoms with Crippen LogP contribution in [0.25, 0.3) is 0 Å². The molecule has 0 saturated heterocycles. The fourth-order valence-electron chi connectivity index (χ4n) is 1.62. The van der Waals surface area contributed by atoms with Crippen LogP contribution in [0.4, 0.5) is 0 Å². The molecule has 0 aliphatic heterocycles. The SMILES string of the molecule is CCOCCNCc1ccc(OC)c(OCC)c1. The van der Waals surface area contributed by atoms with Crippen LogP contribution < -0.4 is 14.8 Å². The third kappa shape index (κ3) is 4.94. The molecule has 1 N–H and O–H groups in total. The number of rotatable bonds is 9. The van der Waals surface area contributed by atoms with Crippen LogP contribution in [-0.2, 0) is 11.3 Å². The molecule has 0 heterocycles. The molecule has 4 heteroatoms. The second kappa shape index (κ2) is 8.78. The first-order valence-corrected chi connectivity index (χ1v) is 6.40. The van der Waals surface area contributed by atoms with Crippen molar-refractivity contribution in [1.82, 2.24) is 5.32 Å². The third-order valence-electron chi connectivity index (χ3n) is 2.48. The molecule has 0 saturated carbocycles. The van der Waals surface area contributed by atoms with E-state index in [1.54, 1.807) is 7.11 Å². The summed E-state index contributed by atoms with van der Waals surface area (Å²) >= 11 is 0. The smallest absolute Gasteiger partial charge is 0.161 e. The lowest BCUT2D eigenvalue weighted by molar-refractivity contribution is 0.149. The highest BCUT2D eigenvalue weighted by molar-refractivity contribution is 5.42. The summed E-state index contributed by atoms with van der Waals surface area (Å²) in [6.45, 7) is 7.76. The lowest BCUT2D eigenvalue weighted by Crippen LogP contribution is -2.19. The van der Waals surface area contributed by atoms with Gasteiger partial charge < -0.3 is 19.5 Å². The van der Waals surface area contributed by atoms with Gasteiger partial charge in [-0.05, 0) is 31.5 Å². The Labute approximate surface area is 109 Å². The first kappa shape index (κ1) is 14.8. The van der Waals surface area contributed by atoms with E-state index >= 15 is 0 Å². The molecule has 0 aliphatic rings. The number of ether oxygens (including phenoxy) is 3. The predicted octanol–water partition coefficient (Wildman–Crippen LogP) is 2.22. The maximum atomic E-state index is 5.54. The van der Waals surface area contributed by atoms with E-state index in [0.29, 0.717) is 6.61 Å². The van der Waals surface area contributed by atoms with Crippen molar-refractivity contribution in [3.8, 4) is 11.5 Å². The zero-order chi connectivity index (χ0) is 13.2. The van der Waals surface area contributed by atoms with E-state index in [1.165, 1.54) is 5.56 Å². The summed E-state index contributed by atoms with van der Waals surface area (Å²) in [6.07, 6.45) is 0. The molecule has 1 aromatic carbocycles. The van der Waals surface area contributed by atoms with Gasteiger partial charge in [-0.1, -0.05) is 6.07 Å². The van der Waals surface area contributed by atoms with Crippen LogP contribution in [-0.4, -0.2) is 33.5 Å². The van der Waals surface area contributed by atoms with Gasteiger partial charge in [0.1, 0.15) is 0 Å². The van der Waals surface area contributed by atoms with E-state index in [1.807, 2.05) is 32.0 Å². The van der Waals surface area contributed by atoms with Crippen molar-refractivity contribution >= 4 is 0 Å². The zero-order valence-corrected chi connectivity index (χ0v) is 11.5. The Balaban J connectivity index is 2.48. The van der Waals surface area contributed by atoms with E-state index in [-0.39, 0.29) is 0 Å². The Hall–Kier alpha value is -1.26. The average molecular weight is 253 g/mol. The third-order valence-corrected chi connectivity index (χ3v) is 2.48. The zero-order valence-electron chi connectivity index (χ0n) is 11.5. The number of methoxy groups -OCH3 is 1. The minimum absolute atomic E-state index is 0.636. The van der Waals surface area contributed by atoms with Crippen LogP contribution in [0.5, 0.6) is 11.5 Å². The monoisotopic (exact) mass is 253 g/mol. The highest BCUT2D eigenvalue weighted by Gasteiger charge is 2.04. The van der Waals surface area contributed by atoms with Crippen molar-refractivity contribution in [1.29, 1.82) is 0 Å². The van der Waals surface area contributed by atoms with Gasteiger partial charge >= 0.3 is 0 Å². The summed E-state index contributed by atoms with van der Waals surface area (Å²) in [6, 6.07) is 5.98. The van der Waals surface area contributed by atoms with Gasteiger partial charge in [0.05, 0.1) is 20.3 Å². The van der Waals surface area contributed by atoms with Gasteiger partial charge in [0.25, 0.3) is 0 Å². The van der Waals surface area contributed by atoms with Crippen LogP contribution in [0.1, 0.15) is 19.4 Å². The molecular weight excluding hydrogens is 230 g/mol. The van der Waals surface area contributed by atoms with Crippen LogP contribution in [0.2, 0.25) is 0 Å². The second-order valence-corrected chi connectivity index (χ2v) is 3.79. The van der Waals surface area contributed by atoms with Gasteiger partial charge in [-0.3, -0.25) is 0 Å². The maximum absolute atomic E-state index is 5.54. The molecule has 0 unspecified atom stereocenters. The molecule has 102 valence electrons. The van der Waals surface area contributed by atoms with Gasteiger partial charge in [-0.2, -0.15) is 0 Å². The summed E-state index contributed by atoms with van der Waals surface area (Å²) in [5.41, 5.74) is 1.18. The van der Waals surface area contributed by atoms with Gasteiger partial charge in [0.2, 0.25) is 0 Å². The molecule has 1 aromatic rings. The van der Waals surface area contributed by atoms with Crippen LogP contribution in [0.3, 0.4) is 0 Å². The summed E-state index contributed by atoms with van der Waals surface area (Å²) in [5, 5.41) is 3.32. The molecule has 0 aliphatic carbocycles. The molecule has 0 spiro atoms. The van der Waals surface area contributed by atoms with E-state index in [0.717, 1.165) is 37.8 Å². The first-order valence-electron chi connectivity index (χ1n) is 6.40. The molecule has 1 rings (SSSR count). The lowest BCUT2D eigenvalue weighted by Gasteiger charge is -2.11. The predicted molar refractivity (Wildman–Crippen MR) is 72.4 cm³/mol. The number of hydrogen-bond donors (Lipinski definition) is 1. The van der Waals surface area contributed by atoms with Gasteiger partial charge in [-0.15, -0.1) is 0 Å². The highest BCUT2D eigenvalue weighted by Crippen LogP contribution is 2.27. The normalized spacial score (nSPS) is 10.4. The van der Waals surface area contributed by atoms with Crippen molar-refractivity contribution in [2.24, 2.45) is 0 Å². The number of benzene rings is 1. The van der Waals surface area contributed by atoms with E-state index in [4.69, 9.17) is 14.2 Å². The van der Waals surface area contributed by atoms with Crippen LogP contribution >= 0.6 is 0 Å². The standard InChI is InChI=1S/C14H23NO3/c1-4-17-9-8-15-11-12-6-7-13(16-3)14(10-12)18-5-2/h6-7,10,15H,4-5,8-9,11H2,1-3H3. The molecular formula is C14H23NO3. The fourth-order valence-corrected chi connectivity index (χ4v) is 1.62. The molecule has 4 nitrogen and oxygen atoms in total. The van der Waals surface area contributed by atoms with Crippen LogP contribution in [0, 0.1) is 0 Å². The average Bonchev–Trinajstić information content (AvgIpc) is 2.39.